The number of carboxylic acid groups (broad SMARTS) is 3. The van der Waals surface area contributed by atoms with Crippen LogP contribution in [0.25, 0.3) is 0 Å². The van der Waals surface area contributed by atoms with Gasteiger partial charge < -0.3 is 42.1 Å². The number of nitrogens with two attached hydrogens (primary N) is 1. The first-order chi connectivity index (χ1) is 14.3. The number of aliphatic carboxylic acids is 3. The van der Waals surface area contributed by atoms with Crippen LogP contribution in [0.5, 0.6) is 0 Å². The monoisotopic (exact) mass is 466 g/mol. The van der Waals surface area contributed by atoms with Gasteiger partial charge >= 0.3 is 17.9 Å². The van der Waals surface area contributed by atoms with Crippen molar-refractivity contribution < 1.29 is 49.2 Å². The molecular formula is C16H26N4O10S. The maximum atomic E-state index is 12.5. The Morgan fingerprint density at radius 2 is 1.39 bits per heavy atom. The lowest BCUT2D eigenvalue weighted by Crippen LogP contribution is -2.58. The van der Waals surface area contributed by atoms with Gasteiger partial charge in [-0.2, -0.15) is 12.6 Å². The zero-order chi connectivity index (χ0) is 24.3. The van der Waals surface area contributed by atoms with Crippen LogP contribution >= 0.6 is 12.6 Å². The minimum atomic E-state index is -1.78. The molecule has 5 atom stereocenters. The summed E-state index contributed by atoms with van der Waals surface area (Å²) in [5, 5.41) is 42.4. The average Bonchev–Trinajstić information content (AvgIpc) is 2.66. The van der Waals surface area contributed by atoms with Gasteiger partial charge in [0.15, 0.2) is 6.04 Å². The molecule has 0 aromatic heterocycles. The average molecular weight is 466 g/mol. The van der Waals surface area contributed by atoms with Gasteiger partial charge in [-0.1, -0.05) is 0 Å². The Hall–Kier alpha value is -2.91. The molecule has 0 bridgehead atoms. The fourth-order valence-corrected chi connectivity index (χ4v) is 2.36. The van der Waals surface area contributed by atoms with E-state index in [1.807, 2.05) is 10.6 Å². The summed E-state index contributed by atoms with van der Waals surface area (Å²) < 4.78 is 0. The van der Waals surface area contributed by atoms with Gasteiger partial charge in [-0.25, -0.2) is 4.79 Å². The van der Waals surface area contributed by atoms with Crippen LogP contribution in [0.1, 0.15) is 26.2 Å². The number of rotatable bonds is 14. The number of carboxylic acids is 3. The lowest BCUT2D eigenvalue weighted by Gasteiger charge is -2.24. The number of aliphatic hydroxyl groups is 1. The highest BCUT2D eigenvalue weighted by Gasteiger charge is 2.33. The Kier molecular flexibility index (Phi) is 12.1. The summed E-state index contributed by atoms with van der Waals surface area (Å²) in [4.78, 5) is 69.8. The number of amides is 3. The molecule has 0 aliphatic heterocycles. The number of nitrogens with one attached hydrogen (secondary N) is 3. The Balaban J connectivity index is 5.53. The highest BCUT2D eigenvalue weighted by Crippen LogP contribution is 2.03. The van der Waals surface area contributed by atoms with Crippen molar-refractivity contribution >= 4 is 48.3 Å². The minimum absolute atomic E-state index is 0.0843. The predicted molar refractivity (Wildman–Crippen MR) is 106 cm³/mol. The molecule has 0 saturated heterocycles. The van der Waals surface area contributed by atoms with Crippen molar-refractivity contribution in [1.82, 2.24) is 16.0 Å². The van der Waals surface area contributed by atoms with E-state index < -0.39 is 85.2 Å². The molecular weight excluding hydrogens is 440 g/mol. The molecule has 176 valence electrons. The first-order valence-electron chi connectivity index (χ1n) is 8.92. The third-order valence-corrected chi connectivity index (χ3v) is 4.26. The third-order valence-electron chi connectivity index (χ3n) is 3.87. The molecule has 0 radical (unpaired) electrons. The second-order valence-electron chi connectivity index (χ2n) is 6.51. The molecule has 0 aromatic rings. The first-order valence-corrected chi connectivity index (χ1v) is 9.55. The van der Waals surface area contributed by atoms with Gasteiger partial charge in [0.2, 0.25) is 17.7 Å². The molecule has 15 heteroatoms. The number of hydrogen-bond acceptors (Lipinski definition) is 9. The Morgan fingerprint density at radius 3 is 1.81 bits per heavy atom. The van der Waals surface area contributed by atoms with Crippen LogP contribution in [-0.4, -0.2) is 92.1 Å². The predicted octanol–water partition coefficient (Wildman–Crippen LogP) is -3.50. The Labute approximate surface area is 182 Å². The summed E-state index contributed by atoms with van der Waals surface area (Å²) in [6.45, 7) is 1.08. The van der Waals surface area contributed by atoms with Gasteiger partial charge in [-0.15, -0.1) is 0 Å². The standard InChI is InChI=1S/C16H26N4O10S/c1-6(21)12(16(29)30)20-15(28)9(4-11(24)25)19-14(27)8(2-3-10(22)23)18-13(26)7(17)5-31/h6-9,12,21,31H,2-5,17H2,1H3,(H,18,26)(H,19,27)(H,20,28)(H,22,23)(H,24,25)(H,29,30). The van der Waals surface area contributed by atoms with Crippen LogP contribution in [0.2, 0.25) is 0 Å². The van der Waals surface area contributed by atoms with E-state index in [-0.39, 0.29) is 5.75 Å². The van der Waals surface area contributed by atoms with E-state index >= 15 is 0 Å². The Bertz CT molecular complexity index is 702. The number of aliphatic hydroxyl groups excluding tert-OH is 1. The number of thiol groups is 1. The van der Waals surface area contributed by atoms with Crippen molar-refractivity contribution in [1.29, 1.82) is 0 Å². The number of carbonyl (C=O) groups excluding carboxylic acids is 3. The van der Waals surface area contributed by atoms with E-state index in [4.69, 9.17) is 21.1 Å². The van der Waals surface area contributed by atoms with Gasteiger partial charge in [0.05, 0.1) is 18.6 Å². The molecule has 0 rings (SSSR count). The normalized spacial score (nSPS) is 15.5. The summed E-state index contributed by atoms with van der Waals surface area (Å²) >= 11 is 3.83. The highest BCUT2D eigenvalue weighted by molar-refractivity contribution is 7.80. The van der Waals surface area contributed by atoms with Crippen LogP contribution in [0, 0.1) is 0 Å². The molecule has 14 nitrogen and oxygen atoms in total. The number of carbonyl (C=O) groups is 6. The zero-order valence-corrected chi connectivity index (χ0v) is 17.4. The van der Waals surface area contributed by atoms with Crippen LogP contribution in [0.4, 0.5) is 0 Å². The van der Waals surface area contributed by atoms with Crippen molar-refractivity contribution in [2.24, 2.45) is 5.73 Å². The van der Waals surface area contributed by atoms with Crippen molar-refractivity contribution in [2.45, 2.75) is 56.5 Å². The quantitative estimate of drug-likeness (QED) is 0.114. The molecule has 0 saturated carbocycles. The van der Waals surface area contributed by atoms with Crippen LogP contribution in [0.3, 0.4) is 0 Å². The molecule has 9 N–H and O–H groups in total. The smallest absolute Gasteiger partial charge is 0.328 e. The molecule has 0 spiro atoms. The Morgan fingerprint density at radius 1 is 0.871 bits per heavy atom. The van der Waals surface area contributed by atoms with Crippen molar-refractivity contribution in [3.05, 3.63) is 0 Å². The lowest BCUT2D eigenvalue weighted by molar-refractivity contribution is -0.146. The van der Waals surface area contributed by atoms with E-state index in [0.29, 0.717) is 0 Å². The van der Waals surface area contributed by atoms with E-state index in [1.165, 1.54) is 0 Å². The molecule has 0 fully saturated rings. The first kappa shape index (κ1) is 28.1. The molecule has 0 aromatic carbocycles. The van der Waals surface area contributed by atoms with Gasteiger partial charge in [0.25, 0.3) is 0 Å². The van der Waals surface area contributed by atoms with Crippen molar-refractivity contribution in [3.63, 3.8) is 0 Å². The van der Waals surface area contributed by atoms with Gasteiger partial charge in [-0.3, -0.25) is 24.0 Å². The molecule has 0 aliphatic rings. The molecule has 3 amide bonds. The summed E-state index contributed by atoms with van der Waals surface area (Å²) in [6, 6.07) is -6.17. The molecule has 0 aliphatic carbocycles. The van der Waals surface area contributed by atoms with Gasteiger partial charge in [0.1, 0.15) is 12.1 Å². The van der Waals surface area contributed by atoms with Crippen molar-refractivity contribution in [2.75, 3.05) is 5.75 Å². The summed E-state index contributed by atoms with van der Waals surface area (Å²) in [6.07, 6.45) is -3.45. The zero-order valence-electron chi connectivity index (χ0n) is 16.5. The van der Waals surface area contributed by atoms with E-state index in [2.05, 4.69) is 17.9 Å². The van der Waals surface area contributed by atoms with Crippen LogP contribution < -0.4 is 21.7 Å². The lowest BCUT2D eigenvalue weighted by atomic mass is 10.1. The van der Waals surface area contributed by atoms with E-state index in [9.17, 15) is 33.9 Å². The second-order valence-corrected chi connectivity index (χ2v) is 6.87. The van der Waals surface area contributed by atoms with Crippen molar-refractivity contribution in [3.8, 4) is 0 Å². The van der Waals surface area contributed by atoms with Crippen LogP contribution in [-0.2, 0) is 28.8 Å². The maximum Gasteiger partial charge on any atom is 0.328 e. The summed E-state index contributed by atoms with van der Waals surface area (Å²) in [7, 11) is 0. The SMILES string of the molecule is CC(O)C(NC(=O)C(CC(=O)O)NC(=O)C(CCC(=O)O)NC(=O)C(N)CS)C(=O)O. The van der Waals surface area contributed by atoms with Gasteiger partial charge in [0, 0.05) is 12.2 Å². The third kappa shape index (κ3) is 10.6. The summed E-state index contributed by atoms with van der Waals surface area (Å²) in [5.74, 6) is -7.64. The van der Waals surface area contributed by atoms with E-state index in [1.54, 1.807) is 0 Å². The fraction of sp³-hybridized carbons (Fsp3) is 0.625. The highest BCUT2D eigenvalue weighted by atomic mass is 32.1. The molecule has 0 heterocycles. The number of hydrogen-bond donors (Lipinski definition) is 9. The fourth-order valence-electron chi connectivity index (χ4n) is 2.20. The largest absolute Gasteiger partial charge is 0.481 e. The minimum Gasteiger partial charge on any atom is -0.481 e. The second kappa shape index (κ2) is 13.4. The van der Waals surface area contributed by atoms with E-state index in [0.717, 1.165) is 6.92 Å². The topological polar surface area (TPSA) is 245 Å². The summed E-state index contributed by atoms with van der Waals surface area (Å²) in [5.41, 5.74) is 5.49. The molecule has 31 heavy (non-hydrogen) atoms. The van der Waals surface area contributed by atoms with Crippen LogP contribution in [0.15, 0.2) is 0 Å². The molecule has 5 unspecified atom stereocenters. The maximum absolute atomic E-state index is 12.5. The van der Waals surface area contributed by atoms with Gasteiger partial charge in [-0.05, 0) is 13.3 Å².